The number of hydrogen-bond donors (Lipinski definition) is 0. The van der Waals surface area contributed by atoms with E-state index in [-0.39, 0.29) is 25.4 Å². The van der Waals surface area contributed by atoms with Crippen molar-refractivity contribution in [1.29, 1.82) is 0 Å². The van der Waals surface area contributed by atoms with Crippen molar-refractivity contribution in [2.75, 3.05) is 6.61 Å². The molecule has 0 aliphatic heterocycles. The summed E-state index contributed by atoms with van der Waals surface area (Å²) in [6.45, 7) is 4.00. The lowest BCUT2D eigenvalue weighted by Crippen LogP contribution is -2.16. The van der Waals surface area contributed by atoms with Crippen LogP contribution in [0.15, 0.2) is 0 Å². The van der Waals surface area contributed by atoms with Crippen molar-refractivity contribution in [3.05, 3.63) is 52.1 Å². The standard InChI is InChI=1S/C35H46F8O/c1-3-5-7-8-9-10-11-13-21-44-35-33(42)31(40)26(32(41)34(35)43)25-29(38)27(36)24(28(37)30(25)39)20-19-23-17-15-22(16-18-23)14-12-6-4-2/h22-23H,3-21H2,1-2H3/t22-,23-. The quantitative estimate of drug-likeness (QED) is 0.0901. The van der Waals surface area contributed by atoms with E-state index in [1.807, 2.05) is 0 Å². The molecule has 44 heavy (non-hydrogen) atoms. The molecule has 1 saturated carbocycles. The van der Waals surface area contributed by atoms with Gasteiger partial charge in [0.05, 0.1) is 17.7 Å². The van der Waals surface area contributed by atoms with Crippen molar-refractivity contribution in [1.82, 2.24) is 0 Å². The summed E-state index contributed by atoms with van der Waals surface area (Å²) in [7, 11) is 0. The summed E-state index contributed by atoms with van der Waals surface area (Å²) in [4.78, 5) is 0. The summed E-state index contributed by atoms with van der Waals surface area (Å²) in [5.41, 5.74) is -4.58. The monoisotopic (exact) mass is 634 g/mol. The van der Waals surface area contributed by atoms with Gasteiger partial charge in [-0.15, -0.1) is 0 Å². The van der Waals surface area contributed by atoms with Crippen LogP contribution in [0.3, 0.4) is 0 Å². The van der Waals surface area contributed by atoms with Crippen LogP contribution in [0.25, 0.3) is 11.1 Å². The van der Waals surface area contributed by atoms with Gasteiger partial charge >= 0.3 is 0 Å². The Kier molecular flexibility index (Phi) is 14.8. The molecule has 0 bridgehead atoms. The Hall–Kier alpha value is -2.32. The van der Waals surface area contributed by atoms with Crippen molar-refractivity contribution in [2.45, 2.75) is 129 Å². The van der Waals surface area contributed by atoms with E-state index in [4.69, 9.17) is 4.74 Å². The van der Waals surface area contributed by atoms with E-state index in [1.165, 1.54) is 6.42 Å². The number of hydrogen-bond acceptors (Lipinski definition) is 1. The number of halogens is 8. The van der Waals surface area contributed by atoms with Gasteiger partial charge in [-0.2, -0.15) is 8.78 Å². The van der Waals surface area contributed by atoms with Crippen LogP contribution in [0.4, 0.5) is 35.1 Å². The third-order valence-corrected chi connectivity index (χ3v) is 9.06. The Morgan fingerprint density at radius 3 is 1.39 bits per heavy atom. The zero-order chi connectivity index (χ0) is 32.2. The van der Waals surface area contributed by atoms with Gasteiger partial charge in [0.2, 0.25) is 11.6 Å². The van der Waals surface area contributed by atoms with Crippen LogP contribution in [0.2, 0.25) is 0 Å². The Labute approximate surface area is 256 Å². The average molecular weight is 635 g/mol. The molecule has 2 aromatic rings. The largest absolute Gasteiger partial charge is 0.487 e. The summed E-state index contributed by atoms with van der Waals surface area (Å²) < 4.78 is 125. The Balaban J connectivity index is 1.70. The number of unbranched alkanes of at least 4 members (excludes halogenated alkanes) is 9. The molecule has 1 nitrogen and oxygen atoms in total. The Morgan fingerprint density at radius 1 is 0.477 bits per heavy atom. The van der Waals surface area contributed by atoms with E-state index >= 15 is 17.6 Å². The maximum absolute atomic E-state index is 15.1. The predicted molar refractivity (Wildman–Crippen MR) is 158 cm³/mol. The van der Waals surface area contributed by atoms with Crippen molar-refractivity contribution >= 4 is 0 Å². The summed E-state index contributed by atoms with van der Waals surface area (Å²) in [5, 5.41) is 0. The molecule has 1 aliphatic rings. The molecule has 0 spiro atoms. The summed E-state index contributed by atoms with van der Waals surface area (Å²) in [6.07, 6.45) is 15.5. The minimum absolute atomic E-state index is 0.124. The zero-order valence-corrected chi connectivity index (χ0v) is 26.0. The molecule has 1 fully saturated rings. The van der Waals surface area contributed by atoms with E-state index in [1.54, 1.807) is 0 Å². The van der Waals surface area contributed by atoms with Gasteiger partial charge in [0.15, 0.2) is 40.7 Å². The second-order valence-electron chi connectivity index (χ2n) is 12.3. The molecular weight excluding hydrogens is 588 g/mol. The lowest BCUT2D eigenvalue weighted by molar-refractivity contribution is 0.248. The van der Waals surface area contributed by atoms with Gasteiger partial charge in [-0.05, 0) is 31.1 Å². The van der Waals surface area contributed by atoms with Crippen LogP contribution in [-0.2, 0) is 6.42 Å². The van der Waals surface area contributed by atoms with Crippen LogP contribution >= 0.6 is 0 Å². The Bertz CT molecular complexity index is 1150. The fourth-order valence-corrected chi connectivity index (χ4v) is 6.32. The molecule has 0 atom stereocenters. The predicted octanol–water partition coefficient (Wildman–Crippen LogP) is 12.3. The molecule has 0 N–H and O–H groups in total. The molecule has 0 aromatic heterocycles. The van der Waals surface area contributed by atoms with Gasteiger partial charge in [-0.3, -0.25) is 0 Å². The summed E-state index contributed by atoms with van der Waals surface area (Å²) in [5.74, 6) is -17.0. The van der Waals surface area contributed by atoms with Crippen LogP contribution in [0.5, 0.6) is 5.75 Å². The molecule has 0 saturated heterocycles. The fraction of sp³-hybridized carbons (Fsp3) is 0.657. The van der Waals surface area contributed by atoms with Gasteiger partial charge < -0.3 is 4.74 Å². The van der Waals surface area contributed by atoms with Crippen molar-refractivity contribution in [3.8, 4) is 16.9 Å². The molecule has 0 heterocycles. The van der Waals surface area contributed by atoms with Gasteiger partial charge in [0, 0.05) is 5.56 Å². The van der Waals surface area contributed by atoms with E-state index < -0.39 is 69.0 Å². The molecule has 0 amide bonds. The first-order valence-electron chi connectivity index (χ1n) is 16.5. The summed E-state index contributed by atoms with van der Waals surface area (Å²) >= 11 is 0. The number of rotatable bonds is 18. The first-order chi connectivity index (χ1) is 21.1. The minimum Gasteiger partial charge on any atom is -0.487 e. The second kappa shape index (κ2) is 18.0. The van der Waals surface area contributed by atoms with Gasteiger partial charge in [-0.25, -0.2) is 26.3 Å². The lowest BCUT2D eigenvalue weighted by atomic mass is 9.77. The molecule has 0 radical (unpaired) electrons. The first-order valence-corrected chi connectivity index (χ1v) is 16.5. The first kappa shape index (κ1) is 36.2. The van der Waals surface area contributed by atoms with Crippen molar-refractivity contribution in [3.63, 3.8) is 0 Å². The van der Waals surface area contributed by atoms with Crippen LogP contribution in [0.1, 0.15) is 129 Å². The highest BCUT2D eigenvalue weighted by Crippen LogP contribution is 2.41. The number of benzene rings is 2. The fourth-order valence-electron chi connectivity index (χ4n) is 6.32. The van der Waals surface area contributed by atoms with Crippen LogP contribution in [0, 0.1) is 58.4 Å². The molecule has 3 rings (SSSR count). The topological polar surface area (TPSA) is 9.23 Å². The van der Waals surface area contributed by atoms with Crippen molar-refractivity contribution < 1.29 is 39.9 Å². The van der Waals surface area contributed by atoms with E-state index in [9.17, 15) is 17.6 Å². The molecule has 2 aromatic carbocycles. The smallest absolute Gasteiger partial charge is 0.204 e. The third-order valence-electron chi connectivity index (χ3n) is 9.06. The molecular formula is C35H46F8O. The highest BCUT2D eigenvalue weighted by Gasteiger charge is 2.35. The van der Waals surface area contributed by atoms with E-state index in [0.717, 1.165) is 83.5 Å². The van der Waals surface area contributed by atoms with Crippen LogP contribution < -0.4 is 4.74 Å². The second-order valence-corrected chi connectivity index (χ2v) is 12.3. The Morgan fingerprint density at radius 2 is 0.886 bits per heavy atom. The average Bonchev–Trinajstić information content (AvgIpc) is 3.02. The molecule has 9 heteroatoms. The highest BCUT2D eigenvalue weighted by molar-refractivity contribution is 5.69. The molecule has 248 valence electrons. The maximum atomic E-state index is 15.1. The SMILES string of the molecule is CCCCCCCCCCOc1c(F)c(F)c(-c2c(F)c(F)c(CC[C@H]3CC[C@H](CCCCC)CC3)c(F)c2F)c(F)c1F. The molecule has 1 aliphatic carbocycles. The van der Waals surface area contributed by atoms with Gasteiger partial charge in [0.1, 0.15) is 0 Å². The zero-order valence-electron chi connectivity index (χ0n) is 26.0. The summed E-state index contributed by atoms with van der Waals surface area (Å²) in [6, 6.07) is 0. The minimum atomic E-state index is -2.20. The highest BCUT2D eigenvalue weighted by atomic mass is 19.2. The number of ether oxygens (including phenoxy) is 1. The maximum Gasteiger partial charge on any atom is 0.204 e. The third kappa shape index (κ3) is 9.12. The lowest BCUT2D eigenvalue weighted by Gasteiger charge is -2.28. The van der Waals surface area contributed by atoms with E-state index in [0.29, 0.717) is 18.8 Å². The normalized spacial score (nSPS) is 17.0. The van der Waals surface area contributed by atoms with Crippen LogP contribution in [-0.4, -0.2) is 6.61 Å². The van der Waals surface area contributed by atoms with Crippen molar-refractivity contribution in [2.24, 2.45) is 11.8 Å². The van der Waals surface area contributed by atoms with E-state index in [2.05, 4.69) is 13.8 Å². The van der Waals surface area contributed by atoms with Gasteiger partial charge in [-0.1, -0.05) is 110 Å². The molecule has 0 unspecified atom stereocenters. The van der Waals surface area contributed by atoms with Gasteiger partial charge in [0.25, 0.3) is 0 Å².